The number of Topliss-reactive ketones (excluding diaryl/α,β-unsaturated/α-hetero) is 1. The van der Waals surface area contributed by atoms with E-state index in [1.165, 1.54) is 17.0 Å². The molecule has 0 atom stereocenters. The molecule has 0 spiro atoms. The maximum atomic E-state index is 12.9. The lowest BCUT2D eigenvalue weighted by Gasteiger charge is -2.13. The standard InChI is InChI=1S/C12H10FNO2/c1-2-3-6-14-10-5-4-8(13)7-9(10)11(15)12(14)16/h2-5,7H,6H2,1H3/b3-2+. The van der Waals surface area contributed by atoms with Gasteiger partial charge in [0.1, 0.15) is 5.82 Å². The van der Waals surface area contributed by atoms with Crippen molar-refractivity contribution in [3.05, 3.63) is 41.7 Å². The minimum Gasteiger partial charge on any atom is -0.301 e. The highest BCUT2D eigenvalue weighted by molar-refractivity contribution is 6.52. The van der Waals surface area contributed by atoms with E-state index < -0.39 is 17.5 Å². The van der Waals surface area contributed by atoms with E-state index in [0.29, 0.717) is 12.2 Å². The van der Waals surface area contributed by atoms with Crippen LogP contribution in [-0.2, 0) is 4.79 Å². The van der Waals surface area contributed by atoms with E-state index in [-0.39, 0.29) is 5.56 Å². The molecule has 0 unspecified atom stereocenters. The molecule has 2 rings (SSSR count). The van der Waals surface area contributed by atoms with Gasteiger partial charge in [0, 0.05) is 6.54 Å². The van der Waals surface area contributed by atoms with E-state index in [2.05, 4.69) is 0 Å². The van der Waals surface area contributed by atoms with E-state index in [4.69, 9.17) is 0 Å². The Balaban J connectivity index is 2.45. The van der Waals surface area contributed by atoms with Crippen molar-refractivity contribution < 1.29 is 14.0 Å². The van der Waals surface area contributed by atoms with Gasteiger partial charge in [0.05, 0.1) is 11.3 Å². The number of amides is 1. The normalized spacial score (nSPS) is 15.0. The molecule has 1 aliphatic heterocycles. The molecule has 1 aromatic carbocycles. The maximum absolute atomic E-state index is 12.9. The van der Waals surface area contributed by atoms with Gasteiger partial charge in [-0.25, -0.2) is 4.39 Å². The summed E-state index contributed by atoms with van der Waals surface area (Å²) in [5.74, 6) is -1.74. The van der Waals surface area contributed by atoms with Crippen LogP contribution in [0.4, 0.5) is 10.1 Å². The lowest BCUT2D eigenvalue weighted by atomic mass is 10.1. The van der Waals surface area contributed by atoms with Gasteiger partial charge in [0.2, 0.25) is 0 Å². The van der Waals surface area contributed by atoms with E-state index in [9.17, 15) is 14.0 Å². The number of fused-ring (bicyclic) bond motifs is 1. The largest absolute Gasteiger partial charge is 0.301 e. The maximum Gasteiger partial charge on any atom is 0.299 e. The zero-order chi connectivity index (χ0) is 11.7. The molecule has 3 nitrogen and oxygen atoms in total. The third-order valence-corrected chi connectivity index (χ3v) is 2.46. The van der Waals surface area contributed by atoms with Crippen LogP contribution in [0.3, 0.4) is 0 Å². The van der Waals surface area contributed by atoms with Crippen LogP contribution in [-0.4, -0.2) is 18.2 Å². The molecule has 0 saturated carbocycles. The number of ketones is 1. The monoisotopic (exact) mass is 219 g/mol. The summed E-state index contributed by atoms with van der Waals surface area (Å²) >= 11 is 0. The molecular formula is C12H10FNO2. The second-order valence-corrected chi connectivity index (χ2v) is 3.48. The minimum absolute atomic E-state index is 0.148. The van der Waals surface area contributed by atoms with Gasteiger partial charge in [0.15, 0.2) is 0 Å². The minimum atomic E-state index is -0.640. The fourth-order valence-electron chi connectivity index (χ4n) is 1.66. The number of hydrogen-bond acceptors (Lipinski definition) is 2. The Morgan fingerprint density at radius 3 is 2.81 bits per heavy atom. The average molecular weight is 219 g/mol. The quantitative estimate of drug-likeness (QED) is 0.563. The first-order valence-electron chi connectivity index (χ1n) is 4.92. The molecule has 0 fully saturated rings. The number of rotatable bonds is 2. The van der Waals surface area contributed by atoms with Crippen LogP contribution in [0, 0.1) is 5.82 Å². The Kier molecular flexibility index (Phi) is 2.56. The molecule has 0 aliphatic carbocycles. The van der Waals surface area contributed by atoms with Crippen molar-refractivity contribution in [2.24, 2.45) is 0 Å². The SMILES string of the molecule is C/C=C/CN1C(=O)C(=O)c2cc(F)ccc21. The number of carbonyl (C=O) groups is 2. The van der Waals surface area contributed by atoms with E-state index >= 15 is 0 Å². The first-order valence-corrected chi connectivity index (χ1v) is 4.92. The highest BCUT2D eigenvalue weighted by atomic mass is 19.1. The Bertz CT molecular complexity index is 494. The van der Waals surface area contributed by atoms with E-state index in [1.807, 2.05) is 6.92 Å². The molecule has 0 aromatic heterocycles. The predicted molar refractivity (Wildman–Crippen MR) is 57.9 cm³/mol. The van der Waals surface area contributed by atoms with Gasteiger partial charge >= 0.3 is 0 Å². The number of carbonyl (C=O) groups excluding carboxylic acids is 2. The fraction of sp³-hybridized carbons (Fsp3) is 0.167. The zero-order valence-electron chi connectivity index (χ0n) is 8.74. The van der Waals surface area contributed by atoms with Crippen molar-refractivity contribution in [3.8, 4) is 0 Å². The van der Waals surface area contributed by atoms with Gasteiger partial charge in [-0.3, -0.25) is 9.59 Å². The number of halogens is 1. The van der Waals surface area contributed by atoms with Gasteiger partial charge in [-0.15, -0.1) is 0 Å². The number of benzene rings is 1. The van der Waals surface area contributed by atoms with Gasteiger partial charge in [-0.1, -0.05) is 12.2 Å². The van der Waals surface area contributed by atoms with Crippen molar-refractivity contribution >= 4 is 17.4 Å². The lowest BCUT2D eigenvalue weighted by Crippen LogP contribution is -2.29. The molecule has 1 aliphatic rings. The summed E-state index contributed by atoms with van der Waals surface area (Å²) in [6.45, 7) is 2.16. The predicted octanol–water partition coefficient (Wildman–Crippen LogP) is 1.93. The summed E-state index contributed by atoms with van der Waals surface area (Å²) in [6.07, 6.45) is 3.56. The molecular weight excluding hydrogens is 209 g/mol. The fourth-order valence-corrected chi connectivity index (χ4v) is 1.66. The Morgan fingerprint density at radius 2 is 2.12 bits per heavy atom. The van der Waals surface area contributed by atoms with Crippen molar-refractivity contribution in [2.45, 2.75) is 6.92 Å². The smallest absolute Gasteiger partial charge is 0.299 e. The number of allylic oxidation sites excluding steroid dienone is 1. The van der Waals surface area contributed by atoms with Crippen LogP contribution >= 0.6 is 0 Å². The molecule has 0 radical (unpaired) electrons. The van der Waals surface area contributed by atoms with Crippen molar-refractivity contribution in [3.63, 3.8) is 0 Å². The van der Waals surface area contributed by atoms with E-state index in [1.54, 1.807) is 12.2 Å². The third-order valence-electron chi connectivity index (χ3n) is 2.46. The van der Waals surface area contributed by atoms with Crippen LogP contribution in [0.5, 0.6) is 0 Å². The second kappa shape index (κ2) is 3.89. The molecule has 1 aromatic rings. The molecule has 0 saturated heterocycles. The summed E-state index contributed by atoms with van der Waals surface area (Å²) in [5.41, 5.74) is 0.629. The van der Waals surface area contributed by atoms with E-state index in [0.717, 1.165) is 6.07 Å². The van der Waals surface area contributed by atoms with Crippen LogP contribution in [0.2, 0.25) is 0 Å². The topological polar surface area (TPSA) is 37.4 Å². The summed E-state index contributed by atoms with van der Waals surface area (Å²) in [6, 6.07) is 3.80. The summed E-state index contributed by atoms with van der Waals surface area (Å²) in [4.78, 5) is 24.5. The van der Waals surface area contributed by atoms with Crippen LogP contribution in [0.25, 0.3) is 0 Å². The number of hydrogen-bond donors (Lipinski definition) is 0. The first kappa shape index (κ1) is 10.5. The zero-order valence-corrected chi connectivity index (χ0v) is 8.74. The lowest BCUT2D eigenvalue weighted by molar-refractivity contribution is -0.114. The second-order valence-electron chi connectivity index (χ2n) is 3.48. The van der Waals surface area contributed by atoms with Crippen LogP contribution in [0.15, 0.2) is 30.4 Å². The first-order chi connectivity index (χ1) is 7.65. The Labute approximate surface area is 92.2 Å². The van der Waals surface area contributed by atoms with Gasteiger partial charge in [0.25, 0.3) is 11.7 Å². The van der Waals surface area contributed by atoms with Crippen molar-refractivity contribution in [2.75, 3.05) is 11.4 Å². The average Bonchev–Trinajstić information content (AvgIpc) is 2.50. The highest BCUT2D eigenvalue weighted by Crippen LogP contribution is 2.29. The Hall–Kier alpha value is -1.97. The molecule has 0 N–H and O–H groups in total. The molecule has 82 valence electrons. The number of anilines is 1. The number of nitrogens with zero attached hydrogens (tertiary/aromatic N) is 1. The summed E-state index contributed by atoms with van der Waals surface area (Å²) < 4.78 is 12.9. The van der Waals surface area contributed by atoms with Gasteiger partial charge < -0.3 is 4.90 Å². The van der Waals surface area contributed by atoms with Gasteiger partial charge in [-0.2, -0.15) is 0 Å². The molecule has 16 heavy (non-hydrogen) atoms. The third kappa shape index (κ3) is 1.52. The van der Waals surface area contributed by atoms with Crippen LogP contribution in [0.1, 0.15) is 17.3 Å². The highest BCUT2D eigenvalue weighted by Gasteiger charge is 2.35. The van der Waals surface area contributed by atoms with Gasteiger partial charge in [-0.05, 0) is 25.1 Å². The molecule has 1 amide bonds. The molecule has 1 heterocycles. The van der Waals surface area contributed by atoms with Crippen LogP contribution < -0.4 is 4.90 Å². The molecule has 0 bridgehead atoms. The summed E-state index contributed by atoms with van der Waals surface area (Å²) in [7, 11) is 0. The summed E-state index contributed by atoms with van der Waals surface area (Å²) in [5, 5.41) is 0. The van der Waals surface area contributed by atoms with Crippen molar-refractivity contribution in [1.82, 2.24) is 0 Å². The van der Waals surface area contributed by atoms with Crippen molar-refractivity contribution in [1.29, 1.82) is 0 Å². The molecule has 4 heteroatoms. The Morgan fingerprint density at radius 1 is 1.38 bits per heavy atom.